The Bertz CT molecular complexity index is 1310. The normalized spacial score (nSPS) is 24.5. The van der Waals surface area contributed by atoms with Gasteiger partial charge >= 0.3 is 0 Å². The summed E-state index contributed by atoms with van der Waals surface area (Å²) in [5, 5.41) is 49.5. The van der Waals surface area contributed by atoms with E-state index in [-0.39, 0.29) is 60.7 Å². The highest BCUT2D eigenvalue weighted by Crippen LogP contribution is 2.52. The van der Waals surface area contributed by atoms with Crippen molar-refractivity contribution in [2.24, 2.45) is 17.6 Å². The highest BCUT2D eigenvalue weighted by atomic mass is 16.3. The number of likely N-dealkylation sites (N-methyl/N-ethyl adjacent to an activating group) is 1. The van der Waals surface area contributed by atoms with Gasteiger partial charge in [-0.3, -0.25) is 19.2 Å². The quantitative estimate of drug-likeness (QED) is 0.234. The second-order valence-corrected chi connectivity index (χ2v) is 10.1. The summed E-state index contributed by atoms with van der Waals surface area (Å²) < 4.78 is 0. The van der Waals surface area contributed by atoms with Crippen LogP contribution in [0.3, 0.4) is 0 Å². The summed E-state index contributed by atoms with van der Waals surface area (Å²) in [5.74, 6) is -7.07. The van der Waals surface area contributed by atoms with Gasteiger partial charge in [-0.15, -0.1) is 0 Å². The molecule has 0 fully saturated rings. The number of nitrogens with two attached hydrogens (primary N) is 1. The Morgan fingerprint density at radius 1 is 1.18 bits per heavy atom. The number of fused-ring (bicyclic) bond motifs is 3. The summed E-state index contributed by atoms with van der Waals surface area (Å²) in [7, 11) is 3.53. The summed E-state index contributed by atoms with van der Waals surface area (Å²) in [4.78, 5) is 52.6. The number of amides is 2. The van der Waals surface area contributed by atoms with Crippen molar-refractivity contribution in [1.82, 2.24) is 10.6 Å². The molecule has 12 heteroatoms. The molecular formula is C26H32N4O8. The van der Waals surface area contributed by atoms with Crippen LogP contribution in [0.15, 0.2) is 28.7 Å². The maximum Gasteiger partial charge on any atom is 0.255 e. The zero-order valence-electron chi connectivity index (χ0n) is 21.4. The number of aromatic hydroxyl groups is 1. The molecule has 0 radical (unpaired) electrons. The highest BCUT2D eigenvalue weighted by molar-refractivity contribution is 6.24. The van der Waals surface area contributed by atoms with E-state index >= 15 is 0 Å². The molecule has 204 valence electrons. The van der Waals surface area contributed by atoms with E-state index in [0.717, 1.165) is 0 Å². The lowest BCUT2D eigenvalue weighted by molar-refractivity contribution is -0.144. The van der Waals surface area contributed by atoms with E-state index < -0.39 is 52.0 Å². The fourth-order valence-corrected chi connectivity index (χ4v) is 5.75. The number of Topliss-reactive ketones (excluding diaryl/α,β-unsaturated/α-hetero) is 2. The molecule has 0 aliphatic heterocycles. The van der Waals surface area contributed by atoms with Crippen LogP contribution in [-0.2, 0) is 27.3 Å². The second-order valence-electron chi connectivity index (χ2n) is 10.1. The van der Waals surface area contributed by atoms with E-state index in [1.54, 1.807) is 25.1 Å². The van der Waals surface area contributed by atoms with E-state index in [4.69, 9.17) is 5.73 Å². The summed E-state index contributed by atoms with van der Waals surface area (Å²) >= 11 is 0. The lowest BCUT2D eigenvalue weighted by Gasteiger charge is -2.46. The van der Waals surface area contributed by atoms with E-state index in [0.29, 0.717) is 17.8 Å². The number of nitrogens with one attached hydrogen (secondary N) is 2. The van der Waals surface area contributed by atoms with Gasteiger partial charge in [0.05, 0.1) is 12.1 Å². The minimum atomic E-state index is -2.62. The number of anilines is 1. The van der Waals surface area contributed by atoms with Crippen LogP contribution in [0, 0.1) is 11.8 Å². The van der Waals surface area contributed by atoms with Crippen molar-refractivity contribution in [2.75, 3.05) is 32.1 Å². The van der Waals surface area contributed by atoms with Crippen molar-refractivity contribution in [2.45, 2.75) is 38.3 Å². The fraction of sp³-hybridized carbons (Fsp3) is 0.462. The minimum Gasteiger partial charge on any atom is -0.511 e. The molecule has 8 N–H and O–H groups in total. The third-order valence-corrected chi connectivity index (χ3v) is 7.61. The number of primary amides is 1. The van der Waals surface area contributed by atoms with Crippen LogP contribution in [0.5, 0.6) is 5.75 Å². The summed E-state index contributed by atoms with van der Waals surface area (Å²) in [5.41, 5.74) is 2.89. The Morgan fingerprint density at radius 2 is 1.87 bits per heavy atom. The fourth-order valence-electron chi connectivity index (χ4n) is 5.75. The zero-order valence-corrected chi connectivity index (χ0v) is 21.4. The van der Waals surface area contributed by atoms with Gasteiger partial charge in [0.25, 0.3) is 5.91 Å². The van der Waals surface area contributed by atoms with Crippen LogP contribution in [0.2, 0.25) is 0 Å². The number of aliphatic hydroxyl groups excluding tert-OH is 2. The molecule has 0 saturated heterocycles. The van der Waals surface area contributed by atoms with E-state index in [1.807, 2.05) is 6.92 Å². The standard InChI is InChI=1S/C26H32N4O8/c1-4-28-10-17(32)29-9-12-7-15(30(2)3)14-6-11-5-13-8-16(31)20(25(27)37)24(36)26(13,38)23(35)18(11)22(34)19(14)21(12)33/h7,11,13,28,31,33,35,38H,4-6,8-10H2,1-3H3,(H2,27,37)(H,29,32)/t11-,13+,26+/m1/s1. The number of ketones is 2. The average Bonchev–Trinajstić information content (AvgIpc) is 2.83. The molecule has 3 aliphatic rings. The van der Waals surface area contributed by atoms with Gasteiger partial charge < -0.3 is 41.7 Å². The molecule has 0 bridgehead atoms. The van der Waals surface area contributed by atoms with Crippen LogP contribution in [-0.4, -0.2) is 76.6 Å². The maximum absolute atomic E-state index is 13.8. The van der Waals surface area contributed by atoms with Crippen LogP contribution in [0.4, 0.5) is 5.69 Å². The number of carbonyl (C=O) groups is 4. The molecule has 1 aromatic carbocycles. The lowest BCUT2D eigenvalue weighted by Crippen LogP contribution is -2.57. The van der Waals surface area contributed by atoms with Gasteiger partial charge in [0.1, 0.15) is 22.8 Å². The van der Waals surface area contributed by atoms with Gasteiger partial charge in [0, 0.05) is 49.8 Å². The lowest BCUT2D eigenvalue weighted by atomic mass is 9.60. The van der Waals surface area contributed by atoms with E-state index in [9.17, 15) is 39.6 Å². The number of carbonyl (C=O) groups excluding carboxylic acids is 4. The van der Waals surface area contributed by atoms with Gasteiger partial charge in [-0.25, -0.2) is 0 Å². The number of hydrogen-bond donors (Lipinski definition) is 7. The first-order chi connectivity index (χ1) is 17.8. The predicted octanol–water partition coefficient (Wildman–Crippen LogP) is -0.128. The molecule has 0 spiro atoms. The predicted molar refractivity (Wildman–Crippen MR) is 136 cm³/mol. The molecule has 0 aromatic heterocycles. The largest absolute Gasteiger partial charge is 0.511 e. The number of aliphatic hydroxyl groups is 3. The third-order valence-electron chi connectivity index (χ3n) is 7.61. The van der Waals surface area contributed by atoms with Crippen LogP contribution in [0.1, 0.15) is 41.3 Å². The molecular weight excluding hydrogens is 496 g/mol. The topological polar surface area (TPSA) is 203 Å². The second kappa shape index (κ2) is 9.76. The molecule has 0 heterocycles. The van der Waals surface area contributed by atoms with Crippen LogP contribution < -0.4 is 21.3 Å². The Hall–Kier alpha value is -3.90. The number of hydrogen-bond acceptors (Lipinski definition) is 10. The van der Waals surface area contributed by atoms with E-state index in [2.05, 4.69) is 10.6 Å². The number of benzene rings is 1. The van der Waals surface area contributed by atoms with Crippen molar-refractivity contribution in [3.63, 3.8) is 0 Å². The number of allylic oxidation sites excluding steroid dienone is 2. The van der Waals surface area contributed by atoms with Crippen molar-refractivity contribution >= 4 is 29.1 Å². The molecule has 0 unspecified atom stereocenters. The summed E-state index contributed by atoms with van der Waals surface area (Å²) in [6.07, 6.45) is -0.0337. The van der Waals surface area contributed by atoms with Gasteiger partial charge in [0.2, 0.25) is 11.7 Å². The zero-order chi connectivity index (χ0) is 28.1. The molecule has 0 saturated carbocycles. The molecule has 3 atom stereocenters. The molecule has 4 rings (SSSR count). The van der Waals surface area contributed by atoms with Crippen molar-refractivity contribution in [3.8, 4) is 5.75 Å². The van der Waals surface area contributed by atoms with E-state index in [1.165, 1.54) is 0 Å². The van der Waals surface area contributed by atoms with Crippen molar-refractivity contribution < 1.29 is 39.6 Å². The molecule has 2 amide bonds. The van der Waals surface area contributed by atoms with Gasteiger partial charge in [0.15, 0.2) is 11.4 Å². The monoisotopic (exact) mass is 528 g/mol. The molecule has 1 aromatic rings. The van der Waals surface area contributed by atoms with Crippen molar-refractivity contribution in [1.29, 1.82) is 0 Å². The summed E-state index contributed by atoms with van der Waals surface area (Å²) in [6, 6.07) is 1.68. The number of phenols is 1. The van der Waals surface area contributed by atoms with Gasteiger partial charge in [-0.05, 0) is 36.9 Å². The summed E-state index contributed by atoms with van der Waals surface area (Å²) in [6.45, 7) is 2.47. The average molecular weight is 529 g/mol. The molecule has 38 heavy (non-hydrogen) atoms. The van der Waals surface area contributed by atoms with Gasteiger partial charge in [-0.2, -0.15) is 0 Å². The smallest absolute Gasteiger partial charge is 0.255 e. The first kappa shape index (κ1) is 27.1. The first-order valence-electron chi connectivity index (χ1n) is 12.3. The Morgan fingerprint density at radius 3 is 2.47 bits per heavy atom. The van der Waals surface area contributed by atoms with Crippen LogP contribution >= 0.6 is 0 Å². The minimum absolute atomic E-state index is 0.0543. The number of nitrogens with zero attached hydrogens (tertiary/aromatic N) is 1. The SMILES string of the molecule is CCNCC(=O)NCc1cc(N(C)C)c2c(c1O)C(=O)C1=C(O)[C@]3(O)C(=O)C(C(N)=O)=C(O)C[C@@H]3C[C@@H]1C2. The first-order valence-corrected chi connectivity index (χ1v) is 12.3. The maximum atomic E-state index is 13.8. The van der Waals surface area contributed by atoms with Crippen molar-refractivity contribution in [3.05, 3.63) is 45.4 Å². The Kier molecular flexibility index (Phi) is 6.97. The highest BCUT2D eigenvalue weighted by Gasteiger charge is 2.59. The molecule has 12 nitrogen and oxygen atoms in total. The number of phenolic OH excluding ortho intramolecular Hbond substituents is 1. The molecule has 3 aliphatic carbocycles. The Labute approximate surface area is 218 Å². The van der Waals surface area contributed by atoms with Crippen LogP contribution in [0.25, 0.3) is 0 Å². The Balaban J connectivity index is 1.81. The van der Waals surface area contributed by atoms with Gasteiger partial charge in [-0.1, -0.05) is 6.92 Å². The third kappa shape index (κ3) is 4.09. The number of rotatable bonds is 7.